The predicted octanol–water partition coefficient (Wildman–Crippen LogP) is 6.19. The molecule has 1 atom stereocenters. The van der Waals surface area contributed by atoms with Gasteiger partial charge in [0.1, 0.15) is 11.5 Å². The number of carbonyl (C=O) groups is 1. The average molecular weight is 511 g/mol. The van der Waals surface area contributed by atoms with E-state index in [0.29, 0.717) is 33.4 Å². The molecule has 3 N–H and O–H groups in total. The minimum absolute atomic E-state index is 0.00398. The first-order valence-corrected chi connectivity index (χ1v) is 13.4. The number of phosphoric ester groups is 1. The van der Waals surface area contributed by atoms with E-state index in [0.717, 1.165) is 11.1 Å². The number of hydrogen-bond acceptors (Lipinski definition) is 5. The first-order valence-electron chi connectivity index (χ1n) is 11.8. The molecular weight excluding hydrogens is 479 g/mol. The summed E-state index contributed by atoms with van der Waals surface area (Å²) in [4.78, 5) is 32.2. The molecule has 0 fully saturated rings. The monoisotopic (exact) mass is 510 g/mol. The number of phenols is 1. The fourth-order valence-electron chi connectivity index (χ4n) is 4.97. The lowest BCUT2D eigenvalue weighted by Crippen LogP contribution is -2.33. The molecule has 0 saturated heterocycles. The van der Waals surface area contributed by atoms with Gasteiger partial charge in [-0.2, -0.15) is 0 Å². The van der Waals surface area contributed by atoms with Crippen molar-refractivity contribution in [2.24, 2.45) is 0 Å². The van der Waals surface area contributed by atoms with E-state index in [1.165, 1.54) is 0 Å². The maximum absolute atomic E-state index is 13.3. The largest absolute Gasteiger partial charge is 0.524 e. The molecule has 3 aromatic rings. The Bertz CT molecular complexity index is 1400. The minimum atomic E-state index is -4.79. The number of aryl methyl sites for hydroxylation is 2. The molecule has 190 valence electrons. The summed E-state index contributed by atoms with van der Waals surface area (Å²) in [5.41, 5.74) is 3.86. The Hall–Kier alpha value is -3.12. The van der Waals surface area contributed by atoms with Crippen LogP contribution in [0, 0.1) is 13.8 Å². The van der Waals surface area contributed by atoms with E-state index < -0.39 is 19.4 Å². The Labute approximate surface area is 211 Å². The van der Waals surface area contributed by atoms with Gasteiger partial charge in [-0.25, -0.2) is 9.36 Å². The summed E-state index contributed by atoms with van der Waals surface area (Å²) in [6, 6.07) is 14.2. The van der Waals surface area contributed by atoms with Gasteiger partial charge in [0.05, 0.1) is 5.56 Å². The molecule has 1 aliphatic rings. The molecule has 0 amide bonds. The summed E-state index contributed by atoms with van der Waals surface area (Å²) in [6.07, 6.45) is 0. The summed E-state index contributed by atoms with van der Waals surface area (Å²) < 4.78 is 23.0. The lowest BCUT2D eigenvalue weighted by Gasteiger charge is -2.36. The maximum atomic E-state index is 13.3. The van der Waals surface area contributed by atoms with Gasteiger partial charge >= 0.3 is 13.8 Å². The summed E-state index contributed by atoms with van der Waals surface area (Å²) in [5.74, 6) is -0.358. The quantitative estimate of drug-likeness (QED) is 0.268. The van der Waals surface area contributed by atoms with Gasteiger partial charge < -0.3 is 14.4 Å². The number of hydrogen-bond donors (Lipinski definition) is 3. The number of cyclic esters (lactones) is 1. The minimum Gasteiger partial charge on any atom is -0.508 e. The highest BCUT2D eigenvalue weighted by Crippen LogP contribution is 2.53. The molecule has 0 saturated carbocycles. The third-order valence-corrected chi connectivity index (χ3v) is 7.14. The highest BCUT2D eigenvalue weighted by Gasteiger charge is 2.51. The van der Waals surface area contributed by atoms with Crippen molar-refractivity contribution in [2.75, 3.05) is 0 Å². The summed E-state index contributed by atoms with van der Waals surface area (Å²) >= 11 is 0. The first kappa shape index (κ1) is 26.0. The van der Waals surface area contributed by atoms with Gasteiger partial charge in [-0.1, -0.05) is 45.9 Å². The molecule has 1 aliphatic heterocycles. The molecule has 8 heteroatoms. The van der Waals surface area contributed by atoms with Crippen molar-refractivity contribution in [3.05, 3.63) is 93.0 Å². The van der Waals surface area contributed by atoms with Crippen molar-refractivity contribution in [3.63, 3.8) is 0 Å². The molecule has 4 rings (SSSR count). The van der Waals surface area contributed by atoms with Crippen LogP contribution in [-0.2, 0) is 14.9 Å². The van der Waals surface area contributed by atoms with Crippen molar-refractivity contribution in [1.29, 1.82) is 0 Å². The second kappa shape index (κ2) is 9.07. The topological polar surface area (TPSA) is 113 Å². The number of esters is 1. The number of carbonyl (C=O) groups excluding carboxylic acids is 1. The van der Waals surface area contributed by atoms with Crippen LogP contribution in [0.15, 0.2) is 48.5 Å². The predicted molar refractivity (Wildman–Crippen MR) is 137 cm³/mol. The molecule has 7 nitrogen and oxygen atoms in total. The molecule has 36 heavy (non-hydrogen) atoms. The van der Waals surface area contributed by atoms with Crippen molar-refractivity contribution in [1.82, 2.24) is 0 Å². The first-order chi connectivity index (χ1) is 16.8. The van der Waals surface area contributed by atoms with Gasteiger partial charge in [-0.15, -0.1) is 0 Å². The molecule has 0 bridgehead atoms. The number of fused-ring (bicyclic) bond motifs is 1. The van der Waals surface area contributed by atoms with Gasteiger partial charge in [0, 0.05) is 16.7 Å². The Kier molecular flexibility index (Phi) is 6.54. The molecule has 0 aliphatic carbocycles. The van der Waals surface area contributed by atoms with E-state index in [-0.39, 0.29) is 23.3 Å². The van der Waals surface area contributed by atoms with Gasteiger partial charge in [-0.3, -0.25) is 9.79 Å². The highest BCUT2D eigenvalue weighted by atomic mass is 31.2. The van der Waals surface area contributed by atoms with E-state index in [1.807, 2.05) is 45.9 Å². The molecule has 3 aromatic carbocycles. The maximum Gasteiger partial charge on any atom is 0.524 e. The molecule has 1 heterocycles. The van der Waals surface area contributed by atoms with Crippen LogP contribution in [0.1, 0.15) is 88.8 Å². The van der Waals surface area contributed by atoms with E-state index >= 15 is 0 Å². The van der Waals surface area contributed by atoms with Crippen LogP contribution in [0.3, 0.4) is 0 Å². The van der Waals surface area contributed by atoms with Crippen molar-refractivity contribution in [2.45, 2.75) is 59.0 Å². The molecule has 0 unspecified atom stereocenters. The van der Waals surface area contributed by atoms with Crippen LogP contribution in [0.2, 0.25) is 0 Å². The number of ether oxygens (including phenoxy) is 1. The van der Waals surface area contributed by atoms with E-state index in [2.05, 4.69) is 0 Å². The van der Waals surface area contributed by atoms with Gasteiger partial charge in [0.25, 0.3) is 0 Å². The van der Waals surface area contributed by atoms with Crippen LogP contribution in [0.5, 0.6) is 11.5 Å². The van der Waals surface area contributed by atoms with Crippen molar-refractivity contribution < 1.29 is 33.5 Å². The second-order valence-corrected chi connectivity index (χ2v) is 11.1. The zero-order valence-electron chi connectivity index (χ0n) is 21.2. The van der Waals surface area contributed by atoms with Crippen LogP contribution >= 0.6 is 7.82 Å². The molecule has 0 spiro atoms. The zero-order valence-corrected chi connectivity index (χ0v) is 22.1. The third-order valence-electron chi connectivity index (χ3n) is 6.71. The van der Waals surface area contributed by atoms with E-state index in [4.69, 9.17) is 9.26 Å². The summed E-state index contributed by atoms with van der Waals surface area (Å²) in [7, 11) is -4.79. The van der Waals surface area contributed by atoms with E-state index in [1.54, 1.807) is 44.2 Å². The number of phosphoric acid groups is 1. The van der Waals surface area contributed by atoms with Gasteiger partial charge in [-0.05, 0) is 78.3 Å². The Morgan fingerprint density at radius 1 is 0.861 bits per heavy atom. The smallest absolute Gasteiger partial charge is 0.508 e. The fourth-order valence-corrected chi connectivity index (χ4v) is 5.42. The molecule has 0 radical (unpaired) electrons. The second-order valence-electron chi connectivity index (χ2n) is 9.94. The van der Waals surface area contributed by atoms with Gasteiger partial charge in [0.15, 0.2) is 5.60 Å². The van der Waals surface area contributed by atoms with Crippen molar-refractivity contribution >= 4 is 13.8 Å². The lowest BCUT2D eigenvalue weighted by atomic mass is 9.72. The van der Waals surface area contributed by atoms with Gasteiger partial charge in [0.2, 0.25) is 0 Å². The summed E-state index contributed by atoms with van der Waals surface area (Å²) in [5, 5.41) is 10.6. The van der Waals surface area contributed by atoms with Crippen LogP contribution in [0.25, 0.3) is 0 Å². The molecular formula is C28H31O7P. The van der Waals surface area contributed by atoms with Crippen LogP contribution in [-0.4, -0.2) is 20.9 Å². The number of aromatic hydroxyl groups is 1. The lowest BCUT2D eigenvalue weighted by molar-refractivity contribution is 0.0245. The zero-order chi connectivity index (χ0) is 26.6. The van der Waals surface area contributed by atoms with Crippen LogP contribution in [0.4, 0.5) is 0 Å². The standard InChI is InChI=1S/C28H31O7P/c1-15(2)20-13-25(29)17(5)11-23(20)28(22-10-8-7-9-19(22)27(30)34-28)24-12-18(6)26(35-36(31,32)33)14-21(24)16(3)4/h7-16,29H,1-6H3,(H2,31,32,33)/t28-/m0/s1. The Morgan fingerprint density at radius 2 is 1.42 bits per heavy atom. The van der Waals surface area contributed by atoms with Crippen LogP contribution < -0.4 is 4.52 Å². The Morgan fingerprint density at radius 3 is 2.00 bits per heavy atom. The normalized spacial score (nSPS) is 17.4. The molecule has 0 aromatic heterocycles. The average Bonchev–Trinajstić information content (AvgIpc) is 3.08. The summed E-state index contributed by atoms with van der Waals surface area (Å²) in [6.45, 7) is 11.4. The van der Waals surface area contributed by atoms with Crippen molar-refractivity contribution in [3.8, 4) is 11.5 Å². The number of rotatable bonds is 6. The fraction of sp³-hybridized carbons (Fsp3) is 0.321. The third kappa shape index (κ3) is 4.32. The highest BCUT2D eigenvalue weighted by molar-refractivity contribution is 7.46. The number of phenolic OH excluding ortho intramolecular Hbond substituents is 1. The Balaban J connectivity index is 2.16. The number of benzene rings is 3. The van der Waals surface area contributed by atoms with E-state index in [9.17, 15) is 24.3 Å². The SMILES string of the molecule is Cc1cc([C@@]2(c3cc(C)c(OP(=O)(O)O)cc3C(C)C)OC(=O)c3ccccc32)c(C(C)C)cc1O.